The third-order valence-electron chi connectivity index (χ3n) is 3.14. The lowest BCUT2D eigenvalue weighted by Gasteiger charge is -2.34. The van der Waals surface area contributed by atoms with Crippen molar-refractivity contribution in [2.24, 2.45) is 5.92 Å². The fraction of sp³-hybridized carbons (Fsp3) is 0.667. The fourth-order valence-corrected chi connectivity index (χ4v) is 2.38. The quantitative estimate of drug-likeness (QED) is 0.706. The Balaban J connectivity index is 2.18. The van der Waals surface area contributed by atoms with E-state index >= 15 is 0 Å². The molecule has 2 rings (SSSR count). The summed E-state index contributed by atoms with van der Waals surface area (Å²) in [4.78, 5) is 11.0. The number of hydrogen-bond donors (Lipinski definition) is 0. The van der Waals surface area contributed by atoms with E-state index in [1.54, 1.807) is 0 Å². The van der Waals surface area contributed by atoms with Gasteiger partial charge in [0.2, 0.25) is 0 Å². The summed E-state index contributed by atoms with van der Waals surface area (Å²) in [6.07, 6.45) is 1.14. The van der Waals surface area contributed by atoms with Crippen molar-refractivity contribution >= 4 is 17.4 Å². The lowest BCUT2D eigenvalue weighted by molar-refractivity contribution is 0.443. The van der Waals surface area contributed by atoms with E-state index in [4.69, 9.17) is 11.6 Å². The van der Waals surface area contributed by atoms with Gasteiger partial charge in [0.05, 0.1) is 5.38 Å². The zero-order valence-electron chi connectivity index (χ0n) is 10.1. The molecule has 1 saturated heterocycles. The molecule has 0 amide bonds. The van der Waals surface area contributed by atoms with Crippen LogP contribution < -0.4 is 4.90 Å². The minimum Gasteiger partial charge on any atom is -0.355 e. The molecule has 1 aliphatic heterocycles. The first kappa shape index (κ1) is 11.6. The first-order valence-electron chi connectivity index (χ1n) is 5.77. The molecular formula is C12H18ClN3. The van der Waals surface area contributed by atoms with Gasteiger partial charge in [-0.1, -0.05) is 6.92 Å². The van der Waals surface area contributed by atoms with Crippen LogP contribution >= 0.6 is 11.6 Å². The Bertz CT molecular complexity index is 360. The van der Waals surface area contributed by atoms with Crippen molar-refractivity contribution in [1.29, 1.82) is 0 Å². The van der Waals surface area contributed by atoms with E-state index in [1.165, 1.54) is 0 Å². The van der Waals surface area contributed by atoms with Gasteiger partial charge >= 0.3 is 0 Å². The van der Waals surface area contributed by atoms with Crippen LogP contribution in [0, 0.1) is 19.8 Å². The molecule has 0 spiro atoms. The molecule has 88 valence electrons. The van der Waals surface area contributed by atoms with E-state index < -0.39 is 0 Å². The molecule has 0 aliphatic carbocycles. The van der Waals surface area contributed by atoms with Crippen LogP contribution in [0.4, 0.5) is 5.82 Å². The van der Waals surface area contributed by atoms with Crippen molar-refractivity contribution in [1.82, 2.24) is 9.97 Å². The Hall–Kier alpha value is -0.830. The van der Waals surface area contributed by atoms with Crippen LogP contribution in [0.15, 0.2) is 6.07 Å². The summed E-state index contributed by atoms with van der Waals surface area (Å²) < 4.78 is 0. The predicted molar refractivity (Wildman–Crippen MR) is 67.1 cm³/mol. The van der Waals surface area contributed by atoms with Gasteiger partial charge in [-0.15, -0.1) is 11.6 Å². The fourth-order valence-electron chi connectivity index (χ4n) is 2.09. The van der Waals surface area contributed by atoms with Crippen LogP contribution in [0.5, 0.6) is 0 Å². The molecule has 0 bridgehead atoms. The summed E-state index contributed by atoms with van der Waals surface area (Å²) in [6, 6.07) is 2.03. The maximum atomic E-state index is 6.31. The van der Waals surface area contributed by atoms with Crippen molar-refractivity contribution in [2.75, 3.05) is 18.0 Å². The second-order valence-corrected chi connectivity index (χ2v) is 5.20. The molecule has 0 saturated carbocycles. The van der Waals surface area contributed by atoms with E-state index in [2.05, 4.69) is 21.8 Å². The Morgan fingerprint density at radius 1 is 1.38 bits per heavy atom. The molecule has 2 unspecified atom stereocenters. The van der Waals surface area contributed by atoms with Crippen LogP contribution in [0.3, 0.4) is 0 Å². The Labute approximate surface area is 102 Å². The molecule has 0 N–H and O–H groups in total. The van der Waals surface area contributed by atoms with Crippen molar-refractivity contribution in [2.45, 2.75) is 32.6 Å². The number of rotatable bonds is 1. The van der Waals surface area contributed by atoms with E-state index in [-0.39, 0.29) is 5.38 Å². The van der Waals surface area contributed by atoms with Crippen LogP contribution in [0.25, 0.3) is 0 Å². The minimum atomic E-state index is 0.226. The molecule has 4 heteroatoms. The van der Waals surface area contributed by atoms with Gasteiger partial charge in [0.15, 0.2) is 0 Å². The van der Waals surface area contributed by atoms with Crippen molar-refractivity contribution in [3.63, 3.8) is 0 Å². The van der Waals surface area contributed by atoms with Crippen LogP contribution in [0.1, 0.15) is 24.9 Å². The summed E-state index contributed by atoms with van der Waals surface area (Å²) in [5, 5.41) is 0.226. The molecular weight excluding hydrogens is 222 g/mol. The molecule has 3 nitrogen and oxygen atoms in total. The number of anilines is 1. The smallest absolute Gasteiger partial charge is 0.132 e. The second-order valence-electron chi connectivity index (χ2n) is 4.64. The van der Waals surface area contributed by atoms with Gasteiger partial charge in [-0.25, -0.2) is 9.97 Å². The minimum absolute atomic E-state index is 0.226. The maximum absolute atomic E-state index is 6.31. The van der Waals surface area contributed by atoms with Crippen molar-refractivity contribution < 1.29 is 0 Å². The van der Waals surface area contributed by atoms with Gasteiger partial charge in [0.1, 0.15) is 11.6 Å². The average molecular weight is 240 g/mol. The normalized spacial score (nSPS) is 25.9. The van der Waals surface area contributed by atoms with Crippen LogP contribution in [-0.2, 0) is 0 Å². The lowest BCUT2D eigenvalue weighted by Crippen LogP contribution is -2.40. The monoisotopic (exact) mass is 239 g/mol. The molecule has 2 atom stereocenters. The SMILES string of the molecule is Cc1cc(N2CCC(C)C(Cl)C2)nc(C)n1. The number of aryl methyl sites for hydroxylation is 2. The molecule has 1 aliphatic rings. The van der Waals surface area contributed by atoms with E-state index in [1.807, 2.05) is 19.9 Å². The second kappa shape index (κ2) is 4.58. The zero-order valence-corrected chi connectivity index (χ0v) is 10.8. The Morgan fingerprint density at radius 2 is 2.12 bits per heavy atom. The van der Waals surface area contributed by atoms with Gasteiger partial charge in [0.25, 0.3) is 0 Å². The highest BCUT2D eigenvalue weighted by Gasteiger charge is 2.25. The predicted octanol–water partition coefficient (Wildman–Crippen LogP) is 2.55. The summed E-state index contributed by atoms with van der Waals surface area (Å²) in [7, 11) is 0. The van der Waals surface area contributed by atoms with E-state index in [0.29, 0.717) is 5.92 Å². The van der Waals surface area contributed by atoms with Gasteiger partial charge in [-0.3, -0.25) is 0 Å². The highest BCUT2D eigenvalue weighted by Crippen LogP contribution is 2.25. The molecule has 0 radical (unpaired) electrons. The maximum Gasteiger partial charge on any atom is 0.132 e. The average Bonchev–Trinajstić information content (AvgIpc) is 2.20. The number of piperidine rings is 1. The van der Waals surface area contributed by atoms with E-state index in [0.717, 1.165) is 36.8 Å². The summed E-state index contributed by atoms with van der Waals surface area (Å²) in [5.74, 6) is 2.45. The number of alkyl halides is 1. The van der Waals surface area contributed by atoms with Crippen LogP contribution in [-0.4, -0.2) is 28.4 Å². The van der Waals surface area contributed by atoms with Crippen molar-refractivity contribution in [3.05, 3.63) is 17.6 Å². The van der Waals surface area contributed by atoms with Gasteiger partial charge in [-0.05, 0) is 26.2 Å². The number of aromatic nitrogens is 2. The summed E-state index contributed by atoms with van der Waals surface area (Å²) in [6.45, 7) is 8.08. The molecule has 1 aromatic rings. The molecule has 1 fully saturated rings. The van der Waals surface area contributed by atoms with Gasteiger partial charge in [-0.2, -0.15) is 0 Å². The Kier molecular flexibility index (Phi) is 3.33. The standard InChI is InChI=1S/C12H18ClN3/c1-8-4-5-16(7-11(8)13)12-6-9(2)14-10(3)15-12/h6,8,11H,4-5,7H2,1-3H3. The van der Waals surface area contributed by atoms with Gasteiger partial charge < -0.3 is 4.90 Å². The van der Waals surface area contributed by atoms with Crippen molar-refractivity contribution in [3.8, 4) is 0 Å². The molecule has 1 aromatic heterocycles. The lowest BCUT2D eigenvalue weighted by atomic mass is 9.98. The first-order valence-corrected chi connectivity index (χ1v) is 6.21. The molecule has 16 heavy (non-hydrogen) atoms. The van der Waals surface area contributed by atoms with E-state index in [9.17, 15) is 0 Å². The summed E-state index contributed by atoms with van der Waals surface area (Å²) in [5.41, 5.74) is 1.02. The molecule has 2 heterocycles. The molecule has 0 aromatic carbocycles. The van der Waals surface area contributed by atoms with Gasteiger partial charge in [0, 0.05) is 24.8 Å². The zero-order chi connectivity index (χ0) is 11.7. The number of nitrogens with zero attached hydrogens (tertiary/aromatic N) is 3. The first-order chi connectivity index (χ1) is 7.56. The third-order valence-corrected chi connectivity index (χ3v) is 3.71. The number of halogens is 1. The van der Waals surface area contributed by atoms with Crippen LogP contribution in [0.2, 0.25) is 0 Å². The third kappa shape index (κ3) is 2.46. The summed E-state index contributed by atoms with van der Waals surface area (Å²) >= 11 is 6.31. The Morgan fingerprint density at radius 3 is 2.75 bits per heavy atom. The highest BCUT2D eigenvalue weighted by atomic mass is 35.5. The number of hydrogen-bond acceptors (Lipinski definition) is 3. The highest BCUT2D eigenvalue weighted by molar-refractivity contribution is 6.21. The largest absolute Gasteiger partial charge is 0.355 e. The topological polar surface area (TPSA) is 29.0 Å².